The molecule has 2 aromatic carbocycles. The average Bonchev–Trinajstić information content (AvgIpc) is 3.25. The van der Waals surface area contributed by atoms with Gasteiger partial charge in [0.15, 0.2) is 0 Å². The molecule has 2 aromatic rings. The molecule has 0 spiro atoms. The van der Waals surface area contributed by atoms with E-state index >= 15 is 0 Å². The second-order valence-electron chi connectivity index (χ2n) is 12.7. The van der Waals surface area contributed by atoms with E-state index in [1.807, 2.05) is 38.1 Å². The first-order valence-corrected chi connectivity index (χ1v) is 16.5. The smallest absolute Gasteiger partial charge is 0.325 e. The molecule has 0 aromatic heterocycles. The third-order valence-electron chi connectivity index (χ3n) is 9.22. The molecule has 2 N–H and O–H groups in total. The summed E-state index contributed by atoms with van der Waals surface area (Å²) in [5.41, 5.74) is 0.717. The number of hydroxylamine groups is 2. The van der Waals surface area contributed by atoms with E-state index in [2.05, 4.69) is 12.2 Å². The molecule has 1 amide bonds. The number of carboxylic acid groups (broad SMARTS) is 1. The summed E-state index contributed by atoms with van der Waals surface area (Å²) in [7, 11) is 0. The van der Waals surface area contributed by atoms with E-state index < -0.39 is 29.0 Å². The molecule has 1 radical (unpaired) electrons. The van der Waals surface area contributed by atoms with E-state index in [0.29, 0.717) is 25.0 Å². The SMILES string of the molecule is CCCCCCCCCCCCCCOc1ccc([C@@]2(C)CC[C@](C)(c3ccc(C(=O)N[C@@H](C)C(=O)O)cc3)N2[O])cc1. The Labute approximate surface area is 259 Å². The van der Waals surface area contributed by atoms with Crippen LogP contribution in [0.4, 0.5) is 0 Å². The summed E-state index contributed by atoms with van der Waals surface area (Å²) < 4.78 is 6.00. The Morgan fingerprint density at radius 1 is 0.791 bits per heavy atom. The van der Waals surface area contributed by atoms with Gasteiger partial charge < -0.3 is 15.2 Å². The summed E-state index contributed by atoms with van der Waals surface area (Å²) in [4.78, 5) is 23.4. The highest BCUT2D eigenvalue weighted by atomic mass is 16.5. The molecule has 3 atom stereocenters. The summed E-state index contributed by atoms with van der Waals surface area (Å²) in [5.74, 6) is -0.716. The van der Waals surface area contributed by atoms with E-state index in [4.69, 9.17) is 9.84 Å². The molecule has 1 fully saturated rings. The fourth-order valence-corrected chi connectivity index (χ4v) is 6.12. The number of unbranched alkanes of at least 4 members (excludes halogenated alkanes) is 11. The lowest BCUT2D eigenvalue weighted by atomic mass is 9.89. The lowest BCUT2D eigenvalue weighted by Gasteiger charge is -2.37. The Hall–Kier alpha value is -2.90. The van der Waals surface area contributed by atoms with Crippen molar-refractivity contribution in [2.24, 2.45) is 0 Å². The Morgan fingerprint density at radius 3 is 1.70 bits per heavy atom. The zero-order valence-electron chi connectivity index (χ0n) is 26.8. The van der Waals surface area contributed by atoms with Crippen molar-refractivity contribution in [3.63, 3.8) is 0 Å². The summed E-state index contributed by atoms with van der Waals surface area (Å²) >= 11 is 0. The van der Waals surface area contributed by atoms with Gasteiger partial charge in [-0.05, 0) is 75.4 Å². The quantitative estimate of drug-likeness (QED) is 0.159. The Morgan fingerprint density at radius 2 is 1.23 bits per heavy atom. The van der Waals surface area contributed by atoms with Crippen LogP contribution in [-0.4, -0.2) is 34.7 Å². The normalized spacial score (nSPS) is 21.0. The summed E-state index contributed by atoms with van der Waals surface area (Å²) in [6, 6.07) is 13.9. The number of nitrogens with zero attached hydrogens (tertiary/aromatic N) is 1. The van der Waals surface area contributed by atoms with Crippen molar-refractivity contribution >= 4 is 11.9 Å². The number of benzene rings is 2. The van der Waals surface area contributed by atoms with Crippen LogP contribution in [0.3, 0.4) is 0 Å². The number of ether oxygens (including phenoxy) is 1. The number of carbonyl (C=O) groups excluding carboxylic acids is 1. The minimum atomic E-state index is -1.09. The van der Waals surface area contributed by atoms with Crippen molar-refractivity contribution in [1.82, 2.24) is 10.4 Å². The standard InChI is InChI=1S/C36H53N2O5/c1-5-6-7-8-9-10-11-12-13-14-15-16-27-43-32-23-21-31(22-24-32)36(4)26-25-35(3,38(36)42)30-19-17-29(18-20-30)33(39)37-28(2)34(40)41/h17-24,28H,5-16,25-27H2,1-4H3,(H,37,39)(H,40,41)/t28-,35+,36+/m0/s1. The van der Waals surface area contributed by atoms with Crippen molar-refractivity contribution < 1.29 is 24.6 Å². The lowest BCUT2D eigenvalue weighted by molar-refractivity contribution is -0.260. The highest BCUT2D eigenvalue weighted by Gasteiger charge is 2.52. The van der Waals surface area contributed by atoms with Gasteiger partial charge in [0, 0.05) is 5.56 Å². The van der Waals surface area contributed by atoms with Gasteiger partial charge in [-0.25, -0.2) is 0 Å². The Kier molecular flexibility index (Phi) is 13.5. The van der Waals surface area contributed by atoms with Crippen LogP contribution in [-0.2, 0) is 21.1 Å². The van der Waals surface area contributed by atoms with E-state index in [9.17, 15) is 14.8 Å². The highest BCUT2D eigenvalue weighted by Crippen LogP contribution is 2.51. The molecule has 1 aliphatic rings. The summed E-state index contributed by atoms with van der Waals surface area (Å²) in [6.45, 7) is 8.33. The van der Waals surface area contributed by atoms with E-state index in [1.54, 1.807) is 24.3 Å². The van der Waals surface area contributed by atoms with Gasteiger partial charge in [-0.15, -0.1) is 10.3 Å². The van der Waals surface area contributed by atoms with Crippen LogP contribution < -0.4 is 10.1 Å². The van der Waals surface area contributed by atoms with Crippen molar-refractivity contribution in [2.75, 3.05) is 6.61 Å². The van der Waals surface area contributed by atoms with Crippen molar-refractivity contribution in [2.45, 2.75) is 135 Å². The topological polar surface area (TPSA) is 98.8 Å². The zero-order chi connectivity index (χ0) is 31.3. The molecule has 43 heavy (non-hydrogen) atoms. The molecule has 7 nitrogen and oxygen atoms in total. The third-order valence-corrected chi connectivity index (χ3v) is 9.22. The van der Waals surface area contributed by atoms with Gasteiger partial charge in [0.1, 0.15) is 11.8 Å². The zero-order valence-corrected chi connectivity index (χ0v) is 26.8. The molecule has 3 rings (SSSR count). The molecular formula is C36H53N2O5. The van der Waals surface area contributed by atoms with Crippen LogP contribution in [0.1, 0.15) is 139 Å². The minimum absolute atomic E-state index is 0.359. The van der Waals surface area contributed by atoms with E-state index in [1.165, 1.54) is 82.6 Å². The minimum Gasteiger partial charge on any atom is -0.494 e. The van der Waals surface area contributed by atoms with Crippen molar-refractivity contribution in [1.29, 1.82) is 0 Å². The van der Waals surface area contributed by atoms with Gasteiger partial charge >= 0.3 is 5.97 Å². The van der Waals surface area contributed by atoms with Crippen LogP contribution in [0.5, 0.6) is 5.75 Å². The monoisotopic (exact) mass is 593 g/mol. The van der Waals surface area contributed by atoms with Gasteiger partial charge in [-0.1, -0.05) is 102 Å². The number of hydrogen-bond donors (Lipinski definition) is 2. The van der Waals surface area contributed by atoms with Gasteiger partial charge in [0.25, 0.3) is 5.91 Å². The van der Waals surface area contributed by atoms with Crippen LogP contribution in [0.2, 0.25) is 0 Å². The number of carboxylic acids is 1. The molecule has 1 heterocycles. The molecule has 0 unspecified atom stereocenters. The second kappa shape index (κ2) is 16.8. The number of carbonyl (C=O) groups is 2. The van der Waals surface area contributed by atoms with Crippen molar-refractivity contribution in [3.8, 4) is 5.75 Å². The molecule has 0 bridgehead atoms. The van der Waals surface area contributed by atoms with Gasteiger partial charge in [-0.3, -0.25) is 9.59 Å². The fraction of sp³-hybridized carbons (Fsp3) is 0.611. The summed E-state index contributed by atoms with van der Waals surface area (Å²) in [5, 5.41) is 26.5. The number of rotatable bonds is 19. The predicted molar refractivity (Wildman–Crippen MR) is 170 cm³/mol. The first-order chi connectivity index (χ1) is 20.6. The average molecular weight is 594 g/mol. The van der Waals surface area contributed by atoms with E-state index in [-0.39, 0.29) is 0 Å². The fourth-order valence-electron chi connectivity index (χ4n) is 6.12. The van der Waals surface area contributed by atoms with Crippen LogP contribution >= 0.6 is 0 Å². The van der Waals surface area contributed by atoms with Gasteiger partial charge in [0.2, 0.25) is 0 Å². The second-order valence-corrected chi connectivity index (χ2v) is 12.7. The van der Waals surface area contributed by atoms with Crippen molar-refractivity contribution in [3.05, 3.63) is 65.2 Å². The number of amides is 1. The molecular weight excluding hydrogens is 540 g/mol. The molecule has 7 heteroatoms. The maximum absolute atomic E-state index is 13.8. The molecule has 1 saturated heterocycles. The number of hydrogen-bond acceptors (Lipinski definition) is 4. The Bertz CT molecular complexity index is 1140. The maximum atomic E-state index is 13.8. The van der Waals surface area contributed by atoms with Gasteiger partial charge in [0.05, 0.1) is 17.7 Å². The first kappa shape index (κ1) is 34.6. The number of aliphatic carboxylic acids is 1. The summed E-state index contributed by atoms with van der Waals surface area (Å²) in [6.07, 6.45) is 17.2. The van der Waals surface area contributed by atoms with Gasteiger partial charge in [-0.2, -0.15) is 0 Å². The Balaban J connectivity index is 1.43. The molecule has 0 aliphatic carbocycles. The van der Waals surface area contributed by atoms with Crippen LogP contribution in [0, 0.1) is 0 Å². The third kappa shape index (κ3) is 9.54. The van der Waals surface area contributed by atoms with E-state index in [0.717, 1.165) is 23.3 Å². The lowest BCUT2D eigenvalue weighted by Crippen LogP contribution is -2.44. The maximum Gasteiger partial charge on any atom is 0.325 e. The molecule has 237 valence electrons. The largest absolute Gasteiger partial charge is 0.494 e. The highest BCUT2D eigenvalue weighted by molar-refractivity contribution is 5.96. The predicted octanol–water partition coefficient (Wildman–Crippen LogP) is 8.54. The molecule has 0 saturated carbocycles. The van der Waals surface area contributed by atoms with Crippen LogP contribution in [0.15, 0.2) is 48.5 Å². The van der Waals surface area contributed by atoms with Crippen LogP contribution in [0.25, 0.3) is 0 Å². The number of nitrogens with one attached hydrogen (secondary N) is 1. The molecule has 1 aliphatic heterocycles. The first-order valence-electron chi connectivity index (χ1n) is 16.5.